The van der Waals surface area contributed by atoms with Crippen molar-refractivity contribution in [2.75, 3.05) is 38.2 Å². The Morgan fingerprint density at radius 1 is 1.17 bits per heavy atom. The molecular weight excluding hydrogens is 532 g/mol. The summed E-state index contributed by atoms with van der Waals surface area (Å²) in [7, 11) is 1.60. The molecule has 11 nitrogen and oxygen atoms in total. The number of urea groups is 1. The summed E-state index contributed by atoms with van der Waals surface area (Å²) in [6.45, 7) is 7.16. The van der Waals surface area contributed by atoms with E-state index in [1.807, 2.05) is 49.5 Å². The minimum absolute atomic E-state index is 0.0937. The van der Waals surface area contributed by atoms with Crippen molar-refractivity contribution in [2.45, 2.75) is 44.7 Å². The highest BCUT2D eigenvalue weighted by atomic mass is 16.5. The van der Waals surface area contributed by atoms with Crippen LogP contribution in [0.2, 0.25) is 0 Å². The second kappa shape index (κ2) is 11.3. The van der Waals surface area contributed by atoms with Crippen LogP contribution in [0.3, 0.4) is 0 Å². The first-order chi connectivity index (χ1) is 20.3. The van der Waals surface area contributed by atoms with E-state index in [0.717, 1.165) is 48.6 Å². The molecule has 218 valence electrons. The Bertz CT molecular complexity index is 1600. The molecule has 3 amide bonds. The number of rotatable bonds is 8. The van der Waals surface area contributed by atoms with Crippen molar-refractivity contribution < 1.29 is 14.3 Å². The van der Waals surface area contributed by atoms with Gasteiger partial charge in [0.15, 0.2) is 11.5 Å². The number of hydrogen-bond acceptors (Lipinski definition) is 7. The quantitative estimate of drug-likeness (QED) is 0.334. The number of carbonyl (C=O) groups is 2. The fraction of sp³-hybridized carbons (Fsp3) is 0.387. The van der Waals surface area contributed by atoms with Crippen molar-refractivity contribution in [3.63, 3.8) is 0 Å². The Morgan fingerprint density at radius 3 is 2.71 bits per heavy atom. The third kappa shape index (κ3) is 5.59. The highest BCUT2D eigenvalue weighted by Crippen LogP contribution is 2.31. The molecule has 2 aliphatic rings. The SMILES string of the molecule is CNC(=O)c1cc(N2CCC3(CC2)CN(Cc2nc4c(C)cc(OC[C@H](C)c5ccccc5)cn4n2)C(=O)N3)ccn1. The van der Waals surface area contributed by atoms with Crippen LogP contribution in [0.15, 0.2) is 60.9 Å². The van der Waals surface area contributed by atoms with Crippen LogP contribution in [-0.4, -0.2) is 75.2 Å². The van der Waals surface area contributed by atoms with E-state index in [-0.39, 0.29) is 23.4 Å². The lowest BCUT2D eigenvalue weighted by atomic mass is 9.88. The van der Waals surface area contributed by atoms with Gasteiger partial charge in [-0.25, -0.2) is 14.3 Å². The minimum atomic E-state index is -0.296. The van der Waals surface area contributed by atoms with Gasteiger partial charge < -0.3 is 25.2 Å². The van der Waals surface area contributed by atoms with Crippen LogP contribution in [0.25, 0.3) is 5.65 Å². The summed E-state index contributed by atoms with van der Waals surface area (Å²) >= 11 is 0. The van der Waals surface area contributed by atoms with Gasteiger partial charge in [0.25, 0.3) is 5.91 Å². The Hall–Kier alpha value is -4.67. The van der Waals surface area contributed by atoms with Crippen LogP contribution in [0.1, 0.15) is 53.1 Å². The summed E-state index contributed by atoms with van der Waals surface area (Å²) in [5, 5.41) is 10.6. The number of piperidine rings is 1. The molecule has 2 aliphatic heterocycles. The van der Waals surface area contributed by atoms with E-state index in [1.165, 1.54) is 5.56 Å². The van der Waals surface area contributed by atoms with Gasteiger partial charge in [0.05, 0.1) is 24.9 Å². The van der Waals surface area contributed by atoms with Crippen LogP contribution in [0, 0.1) is 6.92 Å². The maximum Gasteiger partial charge on any atom is 0.318 e. The van der Waals surface area contributed by atoms with Crippen LogP contribution in [0.5, 0.6) is 5.75 Å². The molecule has 1 aromatic carbocycles. The lowest BCUT2D eigenvalue weighted by Crippen LogP contribution is -2.52. The number of carbonyl (C=O) groups excluding carboxylic acids is 2. The Balaban J connectivity index is 1.08. The number of nitrogens with one attached hydrogen (secondary N) is 2. The van der Waals surface area contributed by atoms with Crippen molar-refractivity contribution in [1.82, 2.24) is 35.1 Å². The average Bonchev–Trinajstić information content (AvgIpc) is 3.56. The van der Waals surface area contributed by atoms with E-state index < -0.39 is 0 Å². The van der Waals surface area contributed by atoms with Crippen molar-refractivity contribution in [3.05, 3.63) is 83.6 Å². The number of nitrogens with zero attached hydrogens (tertiary/aromatic N) is 6. The zero-order valence-corrected chi connectivity index (χ0v) is 24.2. The first-order valence-corrected chi connectivity index (χ1v) is 14.4. The fourth-order valence-corrected chi connectivity index (χ4v) is 5.83. The first-order valence-electron chi connectivity index (χ1n) is 14.4. The molecule has 3 aromatic heterocycles. The molecule has 0 radical (unpaired) electrons. The van der Waals surface area contributed by atoms with E-state index in [2.05, 4.69) is 44.7 Å². The Kier molecular flexibility index (Phi) is 7.40. The van der Waals surface area contributed by atoms with Gasteiger partial charge in [-0.05, 0) is 49.1 Å². The smallest absolute Gasteiger partial charge is 0.318 e. The predicted octanol–water partition coefficient (Wildman–Crippen LogP) is 3.54. The molecule has 1 spiro atoms. The lowest BCUT2D eigenvalue weighted by Gasteiger charge is -2.39. The minimum Gasteiger partial charge on any atom is -0.491 e. The Labute approximate surface area is 244 Å². The van der Waals surface area contributed by atoms with Crippen LogP contribution < -0.4 is 20.3 Å². The van der Waals surface area contributed by atoms with E-state index in [0.29, 0.717) is 31.2 Å². The average molecular weight is 569 g/mol. The number of amides is 3. The number of ether oxygens (including phenoxy) is 1. The molecule has 2 saturated heterocycles. The van der Waals surface area contributed by atoms with Gasteiger partial charge >= 0.3 is 6.03 Å². The maximum absolute atomic E-state index is 13.0. The first kappa shape index (κ1) is 27.5. The highest BCUT2D eigenvalue weighted by molar-refractivity contribution is 5.92. The van der Waals surface area contributed by atoms with Gasteiger partial charge in [-0.2, -0.15) is 0 Å². The highest BCUT2D eigenvalue weighted by Gasteiger charge is 2.44. The van der Waals surface area contributed by atoms with Gasteiger partial charge in [0.2, 0.25) is 0 Å². The number of fused-ring (bicyclic) bond motifs is 1. The molecular formula is C31H36N8O3. The zero-order valence-electron chi connectivity index (χ0n) is 24.2. The summed E-state index contributed by atoms with van der Waals surface area (Å²) in [5.74, 6) is 1.38. The third-order valence-electron chi connectivity index (χ3n) is 8.28. The molecule has 0 bridgehead atoms. The number of aryl methyl sites for hydroxylation is 1. The summed E-state index contributed by atoms with van der Waals surface area (Å²) in [6, 6.07) is 15.9. The summed E-state index contributed by atoms with van der Waals surface area (Å²) < 4.78 is 7.87. The molecule has 1 atom stereocenters. The van der Waals surface area contributed by atoms with E-state index in [1.54, 1.807) is 22.7 Å². The number of hydrogen-bond donors (Lipinski definition) is 2. The lowest BCUT2D eigenvalue weighted by molar-refractivity contribution is 0.0958. The van der Waals surface area contributed by atoms with E-state index >= 15 is 0 Å². The molecule has 11 heteroatoms. The molecule has 6 rings (SSSR count). The summed E-state index contributed by atoms with van der Waals surface area (Å²) in [6.07, 6.45) is 5.11. The molecule has 0 aliphatic carbocycles. The van der Waals surface area contributed by atoms with Gasteiger partial charge in [-0.3, -0.25) is 9.78 Å². The molecule has 42 heavy (non-hydrogen) atoms. The van der Waals surface area contributed by atoms with E-state index in [4.69, 9.17) is 9.72 Å². The van der Waals surface area contributed by atoms with Crippen molar-refractivity contribution in [3.8, 4) is 5.75 Å². The molecule has 2 N–H and O–H groups in total. The van der Waals surface area contributed by atoms with Gasteiger partial charge in [-0.15, -0.1) is 5.10 Å². The molecule has 0 unspecified atom stereocenters. The number of benzene rings is 1. The van der Waals surface area contributed by atoms with E-state index in [9.17, 15) is 9.59 Å². The van der Waals surface area contributed by atoms with Gasteiger partial charge in [-0.1, -0.05) is 37.3 Å². The number of aromatic nitrogens is 4. The maximum atomic E-state index is 13.0. The van der Waals surface area contributed by atoms with Crippen molar-refractivity contribution in [1.29, 1.82) is 0 Å². The van der Waals surface area contributed by atoms with Crippen molar-refractivity contribution in [2.24, 2.45) is 0 Å². The Morgan fingerprint density at radius 2 is 1.95 bits per heavy atom. The molecule has 2 fully saturated rings. The fourth-order valence-electron chi connectivity index (χ4n) is 5.83. The second-order valence-electron chi connectivity index (χ2n) is 11.3. The van der Waals surface area contributed by atoms with Crippen LogP contribution in [0.4, 0.5) is 10.5 Å². The second-order valence-corrected chi connectivity index (χ2v) is 11.3. The summed E-state index contributed by atoms with van der Waals surface area (Å²) in [5.41, 5.74) is 4.01. The normalized spacial score (nSPS) is 17.0. The van der Waals surface area contributed by atoms with Gasteiger partial charge in [0, 0.05) is 44.5 Å². The standard InChI is InChI=1S/C31H36N8O3/c1-21-15-25(42-19-22(2)23-7-5-4-6-8-23)17-39-28(21)34-27(36-39)18-38-20-31(35-30(38)41)10-13-37(14-11-31)24-9-12-33-26(16-24)29(40)32-3/h4-9,12,15-17,22H,10-11,13-14,18-20H2,1-3H3,(H,32,40)(H,35,41)/t22-/m0/s1. The zero-order chi connectivity index (χ0) is 29.3. The van der Waals surface area contributed by atoms with Crippen LogP contribution >= 0.6 is 0 Å². The largest absolute Gasteiger partial charge is 0.491 e. The number of pyridine rings is 2. The number of anilines is 1. The predicted molar refractivity (Wildman–Crippen MR) is 159 cm³/mol. The molecule has 5 heterocycles. The third-order valence-corrected chi connectivity index (χ3v) is 8.28. The molecule has 4 aromatic rings. The van der Waals surface area contributed by atoms with Crippen molar-refractivity contribution >= 4 is 23.3 Å². The molecule has 0 saturated carbocycles. The topological polar surface area (TPSA) is 117 Å². The van der Waals surface area contributed by atoms with Gasteiger partial charge in [0.1, 0.15) is 11.4 Å². The van der Waals surface area contributed by atoms with Crippen LogP contribution in [-0.2, 0) is 6.54 Å². The summed E-state index contributed by atoms with van der Waals surface area (Å²) in [4.78, 5) is 38.0. The monoisotopic (exact) mass is 568 g/mol.